The number of hydrogen-bond donors (Lipinski definition) is 3. The van der Waals surface area contributed by atoms with Crippen molar-refractivity contribution in [1.82, 2.24) is 20.5 Å². The van der Waals surface area contributed by atoms with E-state index in [2.05, 4.69) is 20.5 Å². The Morgan fingerprint density at radius 1 is 1.32 bits per heavy atom. The highest BCUT2D eigenvalue weighted by atomic mass is 32.1. The van der Waals surface area contributed by atoms with Gasteiger partial charge in [-0.3, -0.25) is 9.89 Å². The molecule has 7 heteroatoms. The zero-order valence-electron chi connectivity index (χ0n) is 10.1. The van der Waals surface area contributed by atoms with Gasteiger partial charge in [0.15, 0.2) is 0 Å². The summed E-state index contributed by atoms with van der Waals surface area (Å²) >= 11 is 4.85. The number of carbonyl (C=O) groups excluding carboxylic acids is 1. The van der Waals surface area contributed by atoms with Crippen LogP contribution in [0, 0.1) is 0 Å². The van der Waals surface area contributed by atoms with E-state index in [1.54, 1.807) is 24.3 Å². The molecule has 0 fully saturated rings. The van der Waals surface area contributed by atoms with Gasteiger partial charge in [0.1, 0.15) is 17.1 Å². The van der Waals surface area contributed by atoms with E-state index in [1.807, 2.05) is 0 Å². The Morgan fingerprint density at radius 3 is 2.58 bits per heavy atom. The molecule has 0 aliphatic carbocycles. The fourth-order valence-electron chi connectivity index (χ4n) is 1.53. The molecule has 0 aliphatic rings. The Balaban J connectivity index is 1.87. The molecule has 1 amide bonds. The van der Waals surface area contributed by atoms with Crippen molar-refractivity contribution >= 4 is 23.1 Å². The van der Waals surface area contributed by atoms with Gasteiger partial charge in [0, 0.05) is 24.1 Å². The first-order valence-corrected chi connectivity index (χ1v) is 6.10. The molecule has 6 nitrogen and oxygen atoms in total. The number of nitrogens with zero attached hydrogens (tertiary/aromatic N) is 2. The molecule has 0 unspecified atom stereocenters. The van der Waals surface area contributed by atoms with Crippen molar-refractivity contribution in [2.75, 3.05) is 6.54 Å². The Labute approximate surface area is 115 Å². The molecule has 19 heavy (non-hydrogen) atoms. The van der Waals surface area contributed by atoms with Gasteiger partial charge in [-0.15, -0.1) is 0 Å². The number of hydrogen-bond acceptors (Lipinski definition) is 4. The van der Waals surface area contributed by atoms with Gasteiger partial charge in [-0.25, -0.2) is 4.98 Å². The number of nitrogens with two attached hydrogens (primary N) is 1. The maximum atomic E-state index is 11.8. The number of benzene rings is 1. The van der Waals surface area contributed by atoms with E-state index in [9.17, 15) is 4.79 Å². The predicted octanol–water partition coefficient (Wildman–Crippen LogP) is 0.411. The predicted molar refractivity (Wildman–Crippen MR) is 74.7 cm³/mol. The molecule has 0 spiro atoms. The van der Waals surface area contributed by atoms with E-state index < -0.39 is 0 Å². The highest BCUT2D eigenvalue weighted by molar-refractivity contribution is 7.80. The van der Waals surface area contributed by atoms with E-state index in [-0.39, 0.29) is 5.91 Å². The van der Waals surface area contributed by atoms with E-state index in [0.717, 1.165) is 11.4 Å². The number of H-pyrrole nitrogens is 1. The summed E-state index contributed by atoms with van der Waals surface area (Å²) in [4.78, 5) is 16.1. The Morgan fingerprint density at radius 2 is 2.00 bits per heavy atom. The van der Waals surface area contributed by atoms with E-state index >= 15 is 0 Å². The zero-order chi connectivity index (χ0) is 13.7. The van der Waals surface area contributed by atoms with Crippen LogP contribution in [0.15, 0.2) is 30.6 Å². The topological polar surface area (TPSA) is 96.7 Å². The van der Waals surface area contributed by atoms with Crippen molar-refractivity contribution in [3.05, 3.63) is 47.5 Å². The molecule has 98 valence electrons. The summed E-state index contributed by atoms with van der Waals surface area (Å²) in [5.74, 6) is 0.595. The van der Waals surface area contributed by atoms with Crippen LogP contribution >= 0.6 is 12.2 Å². The summed E-state index contributed by atoms with van der Waals surface area (Å²) in [5.41, 5.74) is 6.80. The molecule has 1 aromatic heterocycles. The maximum absolute atomic E-state index is 11.8. The Bertz CT molecular complexity index is 564. The van der Waals surface area contributed by atoms with Crippen LogP contribution in [0.2, 0.25) is 0 Å². The van der Waals surface area contributed by atoms with Gasteiger partial charge in [0.25, 0.3) is 5.91 Å². The van der Waals surface area contributed by atoms with Gasteiger partial charge in [0.2, 0.25) is 0 Å². The number of thiocarbonyl (C=S) groups is 1. The average molecular weight is 275 g/mol. The third kappa shape index (κ3) is 3.59. The standard InChI is InChI=1S/C12H13N5OS/c13-11(19)8-1-3-9(4-2-8)12(18)14-6-5-10-15-7-16-17-10/h1-4,7H,5-6H2,(H2,13,19)(H,14,18)(H,15,16,17). The van der Waals surface area contributed by atoms with Crippen molar-refractivity contribution in [3.63, 3.8) is 0 Å². The number of aromatic nitrogens is 3. The normalized spacial score (nSPS) is 10.1. The van der Waals surface area contributed by atoms with Crippen molar-refractivity contribution < 1.29 is 4.79 Å². The smallest absolute Gasteiger partial charge is 0.251 e. The van der Waals surface area contributed by atoms with Gasteiger partial charge in [-0.05, 0) is 12.1 Å². The van der Waals surface area contributed by atoms with Crippen LogP contribution in [0.3, 0.4) is 0 Å². The molecule has 1 heterocycles. The second-order valence-electron chi connectivity index (χ2n) is 3.88. The van der Waals surface area contributed by atoms with Gasteiger partial charge in [-0.2, -0.15) is 5.10 Å². The molecular formula is C12H13N5OS. The van der Waals surface area contributed by atoms with Crippen LogP contribution in [0.1, 0.15) is 21.7 Å². The molecule has 0 bridgehead atoms. The molecule has 2 aromatic rings. The quantitative estimate of drug-likeness (QED) is 0.687. The summed E-state index contributed by atoms with van der Waals surface area (Å²) < 4.78 is 0. The lowest BCUT2D eigenvalue weighted by Crippen LogP contribution is -2.26. The lowest BCUT2D eigenvalue weighted by molar-refractivity contribution is 0.0954. The third-order valence-corrected chi connectivity index (χ3v) is 2.78. The fourth-order valence-corrected chi connectivity index (χ4v) is 1.67. The van der Waals surface area contributed by atoms with E-state index in [4.69, 9.17) is 18.0 Å². The molecule has 0 atom stereocenters. The monoisotopic (exact) mass is 275 g/mol. The van der Waals surface area contributed by atoms with Gasteiger partial charge < -0.3 is 11.1 Å². The Kier molecular flexibility index (Phi) is 4.19. The number of aromatic amines is 1. The highest BCUT2D eigenvalue weighted by Gasteiger charge is 2.06. The molecule has 2 rings (SSSR count). The lowest BCUT2D eigenvalue weighted by Gasteiger charge is -2.05. The van der Waals surface area contributed by atoms with Crippen molar-refractivity contribution in [2.45, 2.75) is 6.42 Å². The largest absolute Gasteiger partial charge is 0.389 e. The summed E-state index contributed by atoms with van der Waals surface area (Å²) in [6, 6.07) is 6.85. The molecule has 0 saturated heterocycles. The van der Waals surface area contributed by atoms with Crippen LogP contribution in [0.4, 0.5) is 0 Å². The molecular weight excluding hydrogens is 262 g/mol. The van der Waals surface area contributed by atoms with E-state index in [1.165, 1.54) is 6.33 Å². The third-order valence-electron chi connectivity index (χ3n) is 2.54. The number of amides is 1. The fraction of sp³-hybridized carbons (Fsp3) is 0.167. The van der Waals surface area contributed by atoms with Crippen LogP contribution < -0.4 is 11.1 Å². The minimum Gasteiger partial charge on any atom is -0.389 e. The molecule has 0 aliphatic heterocycles. The van der Waals surface area contributed by atoms with Gasteiger partial charge in [-0.1, -0.05) is 24.4 Å². The van der Waals surface area contributed by atoms with Gasteiger partial charge in [0.05, 0.1) is 0 Å². The first-order chi connectivity index (χ1) is 9.16. The summed E-state index contributed by atoms with van der Waals surface area (Å²) in [6.07, 6.45) is 2.04. The SMILES string of the molecule is NC(=S)c1ccc(C(=O)NCCc2ncn[nH]2)cc1. The number of rotatable bonds is 5. The highest BCUT2D eigenvalue weighted by Crippen LogP contribution is 2.04. The molecule has 1 aromatic carbocycles. The van der Waals surface area contributed by atoms with Crippen molar-refractivity contribution in [2.24, 2.45) is 5.73 Å². The molecule has 0 radical (unpaired) electrons. The molecule has 0 saturated carbocycles. The lowest BCUT2D eigenvalue weighted by atomic mass is 10.1. The summed E-state index contributed by atoms with van der Waals surface area (Å²) in [7, 11) is 0. The van der Waals surface area contributed by atoms with Crippen LogP contribution in [0.25, 0.3) is 0 Å². The number of nitrogens with one attached hydrogen (secondary N) is 2. The first kappa shape index (κ1) is 13.2. The summed E-state index contributed by atoms with van der Waals surface area (Å²) in [6.45, 7) is 0.491. The first-order valence-electron chi connectivity index (χ1n) is 5.69. The Hall–Kier alpha value is -2.28. The van der Waals surface area contributed by atoms with Crippen molar-refractivity contribution in [3.8, 4) is 0 Å². The second-order valence-corrected chi connectivity index (χ2v) is 4.32. The minimum absolute atomic E-state index is 0.144. The second kappa shape index (κ2) is 6.05. The summed E-state index contributed by atoms with van der Waals surface area (Å²) in [5, 5.41) is 9.26. The van der Waals surface area contributed by atoms with E-state index in [0.29, 0.717) is 23.5 Å². The van der Waals surface area contributed by atoms with Crippen molar-refractivity contribution in [1.29, 1.82) is 0 Å². The zero-order valence-corrected chi connectivity index (χ0v) is 10.9. The maximum Gasteiger partial charge on any atom is 0.251 e. The van der Waals surface area contributed by atoms with Crippen LogP contribution in [-0.4, -0.2) is 32.6 Å². The molecule has 4 N–H and O–H groups in total. The average Bonchev–Trinajstić information content (AvgIpc) is 2.92. The number of carbonyl (C=O) groups is 1. The van der Waals surface area contributed by atoms with Gasteiger partial charge >= 0.3 is 0 Å². The van der Waals surface area contributed by atoms with Crippen LogP contribution in [-0.2, 0) is 6.42 Å². The minimum atomic E-state index is -0.144. The van der Waals surface area contributed by atoms with Crippen LogP contribution in [0.5, 0.6) is 0 Å².